The van der Waals surface area contributed by atoms with Crippen molar-refractivity contribution in [2.24, 2.45) is 0 Å². The summed E-state index contributed by atoms with van der Waals surface area (Å²) in [4.78, 5) is 24.8. The third-order valence-corrected chi connectivity index (χ3v) is 6.31. The highest BCUT2D eigenvalue weighted by atomic mass is 32.1. The van der Waals surface area contributed by atoms with Crippen LogP contribution in [0, 0.1) is 12.7 Å². The van der Waals surface area contributed by atoms with Gasteiger partial charge >= 0.3 is 0 Å². The van der Waals surface area contributed by atoms with Gasteiger partial charge in [-0.25, -0.2) is 14.4 Å². The summed E-state index contributed by atoms with van der Waals surface area (Å²) in [5.74, 6) is 0.914. The predicted octanol–water partition coefficient (Wildman–Crippen LogP) is 4.97. The number of anilines is 1. The molecule has 1 aliphatic rings. The summed E-state index contributed by atoms with van der Waals surface area (Å²) >= 11 is 1.39. The van der Waals surface area contributed by atoms with Gasteiger partial charge in [0.25, 0.3) is 5.91 Å². The Morgan fingerprint density at radius 3 is 3.07 bits per heavy atom. The van der Waals surface area contributed by atoms with E-state index in [4.69, 9.17) is 4.42 Å². The highest BCUT2D eigenvalue weighted by Crippen LogP contribution is 2.34. The lowest BCUT2D eigenvalue weighted by molar-refractivity contribution is 0.0574. The predicted molar refractivity (Wildman–Crippen MR) is 114 cm³/mol. The number of aromatic nitrogens is 2. The lowest BCUT2D eigenvalue weighted by Crippen LogP contribution is -2.38. The number of halogens is 1. The molecule has 158 valence electrons. The molecule has 6 nitrogen and oxygen atoms in total. The lowest BCUT2D eigenvalue weighted by atomic mass is 10.0. The number of nitrogens with zero attached hydrogens (tertiary/aromatic N) is 3. The fourth-order valence-electron chi connectivity index (χ4n) is 3.79. The molecular formula is C22H25FN4O2S. The van der Waals surface area contributed by atoms with Crippen molar-refractivity contribution >= 4 is 22.4 Å². The van der Waals surface area contributed by atoms with E-state index in [-0.39, 0.29) is 17.8 Å². The Hall–Kier alpha value is -2.74. The summed E-state index contributed by atoms with van der Waals surface area (Å²) < 4.78 is 19.5. The van der Waals surface area contributed by atoms with Gasteiger partial charge in [-0.3, -0.25) is 4.79 Å². The Bertz CT molecular complexity index is 1030. The number of carbonyl (C=O) groups is 1. The smallest absolute Gasteiger partial charge is 0.266 e. The van der Waals surface area contributed by atoms with Gasteiger partial charge in [-0.05, 0) is 50.8 Å². The molecule has 1 aliphatic heterocycles. The normalized spacial score (nSPS) is 16.6. The summed E-state index contributed by atoms with van der Waals surface area (Å²) in [6.07, 6.45) is 4.92. The van der Waals surface area contributed by atoms with Gasteiger partial charge in [0.15, 0.2) is 5.13 Å². The van der Waals surface area contributed by atoms with Crippen LogP contribution in [0.4, 0.5) is 9.52 Å². The monoisotopic (exact) mass is 428 g/mol. The van der Waals surface area contributed by atoms with Crippen LogP contribution in [-0.4, -0.2) is 33.9 Å². The first-order valence-corrected chi connectivity index (χ1v) is 11.1. The Kier molecular flexibility index (Phi) is 6.13. The lowest BCUT2D eigenvalue weighted by Gasteiger charge is -2.33. The fourth-order valence-corrected chi connectivity index (χ4v) is 4.78. The molecule has 1 aromatic carbocycles. The van der Waals surface area contributed by atoms with Crippen molar-refractivity contribution < 1.29 is 13.6 Å². The molecule has 1 atom stereocenters. The maximum Gasteiger partial charge on any atom is 0.266 e. The van der Waals surface area contributed by atoms with Crippen molar-refractivity contribution in [1.82, 2.24) is 14.9 Å². The molecule has 0 saturated carbocycles. The molecular weight excluding hydrogens is 403 g/mol. The first-order valence-electron chi connectivity index (χ1n) is 10.3. The van der Waals surface area contributed by atoms with E-state index < -0.39 is 0 Å². The van der Waals surface area contributed by atoms with E-state index in [2.05, 4.69) is 15.3 Å². The highest BCUT2D eigenvalue weighted by molar-refractivity contribution is 7.17. The van der Waals surface area contributed by atoms with Crippen LogP contribution in [0.2, 0.25) is 0 Å². The van der Waals surface area contributed by atoms with Crippen LogP contribution in [0.25, 0.3) is 0 Å². The standard InChI is InChI=1S/C22H25FN4O2S/c1-3-24-22-26-14(2)19(30-22)21(28)27-10-5-4-9-18(27)20-25-13-17(29-20)12-15-7-6-8-16(23)11-15/h6-8,11,13,18H,3-5,9-10,12H2,1-2H3,(H,24,26)/t18-/m1/s1. The largest absolute Gasteiger partial charge is 0.443 e. The highest BCUT2D eigenvalue weighted by Gasteiger charge is 2.33. The number of likely N-dealkylation sites (tertiary alicyclic amines) is 1. The van der Waals surface area contributed by atoms with Gasteiger partial charge in [-0.15, -0.1) is 0 Å². The fraction of sp³-hybridized carbons (Fsp3) is 0.409. The maximum atomic E-state index is 13.5. The minimum absolute atomic E-state index is 0.0243. The number of carbonyl (C=O) groups excluding carboxylic acids is 1. The first kappa shape index (κ1) is 20.5. The Labute approximate surface area is 179 Å². The average Bonchev–Trinajstić information content (AvgIpc) is 3.34. The number of oxazole rings is 1. The van der Waals surface area contributed by atoms with Crippen LogP contribution in [-0.2, 0) is 6.42 Å². The molecule has 0 spiro atoms. The number of thiazole rings is 1. The molecule has 3 aromatic rings. The summed E-state index contributed by atoms with van der Waals surface area (Å²) in [5.41, 5.74) is 1.56. The Morgan fingerprint density at radius 2 is 2.27 bits per heavy atom. The molecule has 3 heterocycles. The van der Waals surface area contributed by atoms with E-state index in [0.29, 0.717) is 29.5 Å². The van der Waals surface area contributed by atoms with Gasteiger partial charge in [0.05, 0.1) is 11.9 Å². The molecule has 1 saturated heterocycles. The van der Waals surface area contributed by atoms with Gasteiger partial charge < -0.3 is 14.6 Å². The zero-order chi connectivity index (χ0) is 21.1. The van der Waals surface area contributed by atoms with Crippen LogP contribution in [0.5, 0.6) is 0 Å². The topological polar surface area (TPSA) is 71.3 Å². The third-order valence-electron chi connectivity index (χ3n) is 5.21. The number of hydrogen-bond donors (Lipinski definition) is 1. The SMILES string of the molecule is CCNc1nc(C)c(C(=O)N2CCCC[C@@H]2c2ncc(Cc3cccc(F)c3)o2)s1. The van der Waals surface area contributed by atoms with Crippen molar-refractivity contribution in [1.29, 1.82) is 0 Å². The summed E-state index contributed by atoms with van der Waals surface area (Å²) in [6, 6.07) is 6.26. The van der Waals surface area contributed by atoms with Crippen molar-refractivity contribution in [2.45, 2.75) is 45.6 Å². The zero-order valence-corrected chi connectivity index (χ0v) is 18.0. The first-order chi connectivity index (χ1) is 14.5. The summed E-state index contributed by atoms with van der Waals surface area (Å²) in [6.45, 7) is 5.30. The van der Waals surface area contributed by atoms with E-state index in [1.165, 1.54) is 23.5 Å². The van der Waals surface area contributed by atoms with Crippen molar-refractivity contribution in [3.63, 3.8) is 0 Å². The average molecular weight is 429 g/mol. The van der Waals surface area contributed by atoms with Gasteiger partial charge in [0.1, 0.15) is 22.5 Å². The molecule has 1 fully saturated rings. The Morgan fingerprint density at radius 1 is 1.40 bits per heavy atom. The van der Waals surface area contributed by atoms with Gasteiger partial charge in [0.2, 0.25) is 5.89 Å². The minimum Gasteiger partial charge on any atom is -0.443 e. The minimum atomic E-state index is -0.270. The van der Waals surface area contributed by atoms with E-state index in [9.17, 15) is 9.18 Å². The van der Waals surface area contributed by atoms with Crippen LogP contribution in [0.1, 0.15) is 64.8 Å². The molecule has 0 aliphatic carbocycles. The van der Waals surface area contributed by atoms with E-state index >= 15 is 0 Å². The van der Waals surface area contributed by atoms with Crippen LogP contribution in [0.15, 0.2) is 34.9 Å². The van der Waals surface area contributed by atoms with Crippen LogP contribution >= 0.6 is 11.3 Å². The number of amides is 1. The van der Waals surface area contributed by atoms with Crippen molar-refractivity contribution in [3.8, 4) is 0 Å². The molecule has 1 N–H and O–H groups in total. The second-order valence-corrected chi connectivity index (χ2v) is 8.44. The Balaban J connectivity index is 1.54. The number of rotatable bonds is 6. The molecule has 0 unspecified atom stereocenters. The second kappa shape index (κ2) is 8.95. The quantitative estimate of drug-likeness (QED) is 0.600. The number of benzene rings is 1. The number of piperidine rings is 1. The summed E-state index contributed by atoms with van der Waals surface area (Å²) in [5, 5.41) is 3.94. The number of aryl methyl sites for hydroxylation is 1. The third kappa shape index (κ3) is 4.38. The van der Waals surface area contributed by atoms with Crippen molar-refractivity contribution in [2.75, 3.05) is 18.4 Å². The molecule has 2 aromatic heterocycles. The second-order valence-electron chi connectivity index (χ2n) is 7.45. The molecule has 0 radical (unpaired) electrons. The maximum absolute atomic E-state index is 13.5. The van der Waals surface area contributed by atoms with E-state index in [0.717, 1.165) is 42.2 Å². The molecule has 8 heteroatoms. The van der Waals surface area contributed by atoms with Gasteiger partial charge in [-0.1, -0.05) is 23.5 Å². The van der Waals surface area contributed by atoms with Gasteiger partial charge in [-0.2, -0.15) is 0 Å². The van der Waals surface area contributed by atoms with E-state index in [1.54, 1.807) is 12.3 Å². The number of nitrogens with one attached hydrogen (secondary N) is 1. The van der Waals surface area contributed by atoms with Crippen molar-refractivity contribution in [3.05, 3.63) is 64.1 Å². The molecule has 30 heavy (non-hydrogen) atoms. The van der Waals surface area contributed by atoms with Crippen LogP contribution in [0.3, 0.4) is 0 Å². The zero-order valence-electron chi connectivity index (χ0n) is 17.2. The summed E-state index contributed by atoms with van der Waals surface area (Å²) in [7, 11) is 0. The molecule has 0 bridgehead atoms. The molecule has 1 amide bonds. The van der Waals surface area contributed by atoms with Crippen LogP contribution < -0.4 is 5.32 Å². The van der Waals surface area contributed by atoms with E-state index in [1.807, 2.05) is 24.8 Å². The molecule has 4 rings (SSSR count). The van der Waals surface area contributed by atoms with Gasteiger partial charge in [0, 0.05) is 19.5 Å². The number of hydrogen-bond acceptors (Lipinski definition) is 6.